The van der Waals surface area contributed by atoms with Crippen LogP contribution in [0.15, 0.2) is 29.1 Å². The molecule has 2 aromatic carbocycles. The number of aromatic nitrogens is 2. The van der Waals surface area contributed by atoms with E-state index in [4.69, 9.17) is 28.9 Å². The molecule has 0 saturated carbocycles. The van der Waals surface area contributed by atoms with Crippen LogP contribution in [-0.4, -0.2) is 33.9 Å². The van der Waals surface area contributed by atoms with Gasteiger partial charge in [-0.2, -0.15) is 0 Å². The number of benzene rings is 2. The number of carbonyl (C=O) groups excluding carboxylic acids is 1. The smallest absolute Gasteiger partial charge is 0.258 e. The first-order valence-electron chi connectivity index (χ1n) is 10.2. The average Bonchev–Trinajstić information content (AvgIpc) is 2.72. The molecule has 0 aliphatic carbocycles. The van der Waals surface area contributed by atoms with Crippen LogP contribution in [0.5, 0.6) is 0 Å². The Hall–Kier alpha value is -2.68. The Bertz CT molecular complexity index is 1280. The Kier molecular flexibility index (Phi) is 6.11. The number of nitrogens with two attached hydrogens (primary N) is 1. The molecule has 10 heteroatoms. The lowest BCUT2D eigenvalue weighted by Crippen LogP contribution is -2.42. The van der Waals surface area contributed by atoms with Crippen LogP contribution in [0, 0.1) is 5.82 Å². The zero-order valence-electron chi connectivity index (χ0n) is 17.5. The maximum atomic E-state index is 14.6. The summed E-state index contributed by atoms with van der Waals surface area (Å²) >= 11 is 12.5. The molecular formula is C22H22Cl2FN5O2. The third kappa shape index (κ3) is 4.18. The van der Waals surface area contributed by atoms with Crippen LogP contribution in [-0.2, 0) is 11.2 Å². The van der Waals surface area contributed by atoms with Gasteiger partial charge in [0.25, 0.3) is 5.56 Å². The number of fused-ring (bicyclic) bond motifs is 2. The van der Waals surface area contributed by atoms with Gasteiger partial charge in [0.2, 0.25) is 5.91 Å². The summed E-state index contributed by atoms with van der Waals surface area (Å²) < 4.78 is 14.6. The van der Waals surface area contributed by atoms with Crippen LogP contribution in [0.2, 0.25) is 10.0 Å². The number of nitrogens with one attached hydrogen (secondary N) is 2. The highest BCUT2D eigenvalue weighted by atomic mass is 35.5. The van der Waals surface area contributed by atoms with Crippen LogP contribution < -0.4 is 16.6 Å². The molecule has 3 aromatic rings. The fraction of sp³-hybridized carbons (Fsp3) is 0.318. The van der Waals surface area contributed by atoms with Crippen molar-refractivity contribution >= 4 is 45.7 Å². The number of nitrogens with zero attached hydrogens (tertiary/aromatic N) is 2. The van der Waals surface area contributed by atoms with E-state index in [-0.39, 0.29) is 29.6 Å². The molecule has 1 aliphatic heterocycles. The number of hydrogen-bond donors (Lipinski definition) is 3. The molecule has 32 heavy (non-hydrogen) atoms. The fourth-order valence-electron chi connectivity index (χ4n) is 4.04. The number of aromatic amines is 1. The van der Waals surface area contributed by atoms with E-state index in [1.165, 1.54) is 6.07 Å². The van der Waals surface area contributed by atoms with E-state index in [2.05, 4.69) is 15.3 Å². The van der Waals surface area contributed by atoms with Crippen LogP contribution in [0.25, 0.3) is 10.9 Å². The van der Waals surface area contributed by atoms with Gasteiger partial charge < -0.3 is 20.9 Å². The number of halogens is 3. The number of rotatable bonds is 4. The van der Waals surface area contributed by atoms with Crippen molar-refractivity contribution in [3.63, 3.8) is 0 Å². The topological polar surface area (TPSA) is 104 Å². The first kappa shape index (κ1) is 22.5. The molecule has 1 aromatic heterocycles. The largest absolute Gasteiger partial charge is 0.374 e. The molecule has 0 radical (unpaired) electrons. The second-order valence-corrected chi connectivity index (χ2v) is 8.76. The van der Waals surface area contributed by atoms with Crippen molar-refractivity contribution in [2.45, 2.75) is 32.4 Å². The molecule has 0 saturated heterocycles. The maximum Gasteiger partial charge on any atom is 0.258 e. The molecule has 2 atom stereocenters. The van der Waals surface area contributed by atoms with Crippen molar-refractivity contribution in [2.75, 3.05) is 18.4 Å². The van der Waals surface area contributed by atoms with E-state index < -0.39 is 17.4 Å². The molecule has 0 fully saturated rings. The van der Waals surface area contributed by atoms with Gasteiger partial charge in [0.1, 0.15) is 11.6 Å². The molecule has 0 bridgehead atoms. The van der Waals surface area contributed by atoms with Crippen molar-refractivity contribution in [1.82, 2.24) is 14.9 Å². The van der Waals surface area contributed by atoms with Gasteiger partial charge in [-0.3, -0.25) is 9.59 Å². The zero-order valence-corrected chi connectivity index (χ0v) is 19.0. The molecule has 2 heterocycles. The fourth-order valence-corrected chi connectivity index (χ4v) is 4.74. The number of H-pyrrole nitrogens is 1. The van der Waals surface area contributed by atoms with E-state index in [0.717, 1.165) is 17.2 Å². The quantitative estimate of drug-likeness (QED) is 0.527. The molecule has 0 spiro atoms. The van der Waals surface area contributed by atoms with Crippen molar-refractivity contribution in [3.8, 4) is 0 Å². The molecule has 4 rings (SSSR count). The Morgan fingerprint density at radius 2 is 2.12 bits per heavy atom. The Balaban J connectivity index is 1.55. The molecule has 1 amide bonds. The minimum absolute atomic E-state index is 0.0782. The molecule has 7 nitrogen and oxygen atoms in total. The minimum atomic E-state index is -0.652. The number of amides is 1. The van der Waals surface area contributed by atoms with Crippen molar-refractivity contribution < 1.29 is 9.18 Å². The summed E-state index contributed by atoms with van der Waals surface area (Å²) in [6.45, 7) is 3.96. The van der Waals surface area contributed by atoms with E-state index in [9.17, 15) is 14.0 Å². The Labute approximate surface area is 193 Å². The Morgan fingerprint density at radius 1 is 1.38 bits per heavy atom. The maximum absolute atomic E-state index is 14.6. The summed E-state index contributed by atoms with van der Waals surface area (Å²) in [6, 6.07) is 5.32. The van der Waals surface area contributed by atoms with Gasteiger partial charge in [-0.05, 0) is 55.7 Å². The van der Waals surface area contributed by atoms with Crippen LogP contribution in [0.3, 0.4) is 0 Å². The molecule has 1 unspecified atom stereocenters. The van der Waals surface area contributed by atoms with Gasteiger partial charge in [-0.1, -0.05) is 23.2 Å². The van der Waals surface area contributed by atoms with E-state index in [1.54, 1.807) is 17.9 Å². The SMILES string of the molecule is CC1c2c(Cl)cc(Cl)cc2CCN1C(=O)CNc1cc2nc([C@H](C)N)[nH]c(=O)c2cc1F. The lowest BCUT2D eigenvalue weighted by atomic mass is 9.93. The summed E-state index contributed by atoms with van der Waals surface area (Å²) in [7, 11) is 0. The summed E-state index contributed by atoms with van der Waals surface area (Å²) in [4.78, 5) is 33.7. The van der Waals surface area contributed by atoms with Crippen LogP contribution in [0.4, 0.5) is 10.1 Å². The molecule has 168 valence electrons. The van der Waals surface area contributed by atoms with Gasteiger partial charge >= 0.3 is 0 Å². The summed E-state index contributed by atoms with van der Waals surface area (Å²) in [5.74, 6) is -0.557. The number of anilines is 1. The lowest BCUT2D eigenvalue weighted by molar-refractivity contribution is -0.131. The third-order valence-electron chi connectivity index (χ3n) is 5.68. The summed E-state index contributed by atoms with van der Waals surface area (Å²) in [5.41, 5.74) is 7.60. The Morgan fingerprint density at radius 3 is 2.84 bits per heavy atom. The van der Waals surface area contributed by atoms with Crippen LogP contribution >= 0.6 is 23.2 Å². The average molecular weight is 478 g/mol. The normalized spacial score (nSPS) is 16.7. The van der Waals surface area contributed by atoms with Crippen molar-refractivity contribution in [1.29, 1.82) is 0 Å². The lowest BCUT2D eigenvalue weighted by Gasteiger charge is -2.36. The number of hydrogen-bond acceptors (Lipinski definition) is 5. The highest BCUT2D eigenvalue weighted by molar-refractivity contribution is 6.35. The third-order valence-corrected chi connectivity index (χ3v) is 6.21. The predicted octanol–water partition coefficient (Wildman–Crippen LogP) is 3.95. The first-order valence-corrected chi connectivity index (χ1v) is 10.9. The highest BCUT2D eigenvalue weighted by Gasteiger charge is 2.29. The minimum Gasteiger partial charge on any atom is -0.374 e. The molecular weight excluding hydrogens is 456 g/mol. The van der Waals surface area contributed by atoms with E-state index in [1.807, 2.05) is 13.0 Å². The van der Waals surface area contributed by atoms with Gasteiger partial charge in [-0.25, -0.2) is 9.37 Å². The first-order chi connectivity index (χ1) is 15.2. The van der Waals surface area contributed by atoms with E-state index in [0.29, 0.717) is 34.4 Å². The zero-order chi connectivity index (χ0) is 23.2. The standard InChI is InChI=1S/C22H22Cl2FN5O2/c1-10(26)21-28-17-8-18(16(25)7-14(17)22(32)29-21)27-9-19(31)30-4-3-12-5-13(23)6-15(24)20(12)11(30)2/h5-8,10-11,27H,3-4,9,26H2,1-2H3,(H,28,29,32)/t10-,11?/m0/s1. The second-order valence-electron chi connectivity index (χ2n) is 7.92. The molecule has 4 N–H and O–H groups in total. The van der Waals surface area contributed by atoms with Crippen molar-refractivity contribution in [3.05, 3.63) is 67.4 Å². The summed E-state index contributed by atoms with van der Waals surface area (Å²) in [6.07, 6.45) is 0.628. The van der Waals surface area contributed by atoms with Gasteiger partial charge in [0.15, 0.2) is 0 Å². The number of carbonyl (C=O) groups is 1. The second kappa shape index (κ2) is 8.69. The summed E-state index contributed by atoms with van der Waals surface area (Å²) in [5, 5.41) is 4.03. The van der Waals surface area contributed by atoms with Gasteiger partial charge in [0, 0.05) is 16.6 Å². The van der Waals surface area contributed by atoms with Gasteiger partial charge in [0.05, 0.1) is 35.2 Å². The molecule has 1 aliphatic rings. The highest BCUT2D eigenvalue weighted by Crippen LogP contribution is 2.37. The monoisotopic (exact) mass is 477 g/mol. The van der Waals surface area contributed by atoms with E-state index >= 15 is 0 Å². The van der Waals surface area contributed by atoms with Crippen LogP contribution in [0.1, 0.15) is 42.9 Å². The van der Waals surface area contributed by atoms with Gasteiger partial charge in [-0.15, -0.1) is 0 Å². The van der Waals surface area contributed by atoms with Crippen molar-refractivity contribution in [2.24, 2.45) is 5.73 Å². The predicted molar refractivity (Wildman–Crippen MR) is 124 cm³/mol.